The van der Waals surface area contributed by atoms with E-state index in [-0.39, 0.29) is 51.5 Å². The summed E-state index contributed by atoms with van der Waals surface area (Å²) >= 11 is 0. The van der Waals surface area contributed by atoms with Crippen molar-refractivity contribution in [2.45, 2.75) is 279 Å². The van der Waals surface area contributed by atoms with Gasteiger partial charge in [-0.15, -0.1) is 0 Å². The Morgan fingerprint density at radius 1 is 0.482 bits per heavy atom. The number of hydrogen-bond donors (Lipinski definition) is 8. The quantitative estimate of drug-likeness (QED) is 0.00611. The van der Waals surface area contributed by atoms with E-state index in [9.17, 15) is 42.4 Å². The second kappa shape index (κ2) is 45.0. The summed E-state index contributed by atoms with van der Waals surface area (Å²) in [6.45, 7) is 48.7. The summed E-state index contributed by atoms with van der Waals surface area (Å²) in [6.07, 6.45) is 26.4. The summed E-state index contributed by atoms with van der Waals surface area (Å²) in [5.74, 6) is 0.329. The van der Waals surface area contributed by atoms with Crippen molar-refractivity contribution in [3.05, 3.63) is 265 Å². The number of aliphatic imine (C=N–C) groups is 1. The van der Waals surface area contributed by atoms with Gasteiger partial charge in [-0.2, -0.15) is 22.1 Å². The lowest BCUT2D eigenvalue weighted by Crippen LogP contribution is -2.51. The molecule has 0 bridgehead atoms. The number of amides is 2. The molecule has 730 valence electrons. The van der Waals surface area contributed by atoms with Crippen molar-refractivity contribution in [3.63, 3.8) is 0 Å². The van der Waals surface area contributed by atoms with E-state index in [2.05, 4.69) is 176 Å². The fourth-order valence-electron chi connectivity index (χ4n) is 19.5. The molecule has 0 fully saturated rings. The molecule has 6 heterocycles. The summed E-state index contributed by atoms with van der Waals surface area (Å²) in [4.78, 5) is 54.6. The highest BCUT2D eigenvalue weighted by molar-refractivity contribution is 7.85. The number of aromatic hydroxyl groups is 2. The maximum absolute atomic E-state index is 13.4. The zero-order valence-corrected chi connectivity index (χ0v) is 85.5. The molecule has 0 aromatic heterocycles. The van der Waals surface area contributed by atoms with Crippen molar-refractivity contribution in [2.24, 2.45) is 4.99 Å². The summed E-state index contributed by atoms with van der Waals surface area (Å²) < 4.78 is 59.8. The number of anilines is 2. The largest absolute Gasteiger partial charge is 0.507 e. The number of carbonyl (C=O) groups excluding carboxylic acids is 2. The van der Waals surface area contributed by atoms with Gasteiger partial charge in [0.1, 0.15) is 42.6 Å². The van der Waals surface area contributed by atoms with E-state index in [1.807, 2.05) is 166 Å². The van der Waals surface area contributed by atoms with Gasteiger partial charge >= 0.3 is 11.9 Å². The fraction of sp³-hybridized carbons (Fsp3) is 0.439. The van der Waals surface area contributed by atoms with E-state index in [0.717, 1.165) is 161 Å². The molecular formula is C114H147N8O14S+3. The van der Waals surface area contributed by atoms with Gasteiger partial charge in [-0.3, -0.25) is 28.7 Å². The third kappa shape index (κ3) is 24.6. The normalized spacial score (nSPS) is 18.1. The van der Waals surface area contributed by atoms with Crippen molar-refractivity contribution < 1.29 is 80.5 Å². The van der Waals surface area contributed by atoms with Gasteiger partial charge in [-0.1, -0.05) is 109 Å². The average Bonchev–Trinajstić information content (AvgIpc) is 1.51. The predicted octanol–water partition coefficient (Wildman–Crippen LogP) is 22.7. The van der Waals surface area contributed by atoms with Crippen molar-refractivity contribution in [3.8, 4) is 23.0 Å². The number of benzene rings is 8. The van der Waals surface area contributed by atoms with Gasteiger partial charge in [0.15, 0.2) is 28.3 Å². The first kappa shape index (κ1) is 105. The maximum Gasteiger partial charge on any atom is 0.303 e. The van der Waals surface area contributed by atoms with E-state index in [1.165, 1.54) is 62.2 Å². The minimum Gasteiger partial charge on any atom is -0.507 e. The van der Waals surface area contributed by atoms with Crippen LogP contribution in [0.25, 0.3) is 0 Å². The Hall–Kier alpha value is -12.1. The Morgan fingerprint density at radius 3 is 1.45 bits per heavy atom. The lowest BCUT2D eigenvalue weighted by Gasteiger charge is -2.36. The number of rotatable bonds is 34. The number of fused-ring (bicyclic) bond motifs is 6. The van der Waals surface area contributed by atoms with Gasteiger partial charge in [-0.25, -0.2) is 0 Å². The number of aryl methyl sites for hydroxylation is 3. The molecular weight excluding hydrogens is 1740 g/mol. The first-order valence-corrected chi connectivity index (χ1v) is 50.0. The molecule has 8 aromatic carbocycles. The van der Waals surface area contributed by atoms with E-state index in [0.29, 0.717) is 76.6 Å². The Morgan fingerprint density at radius 2 is 0.942 bits per heavy atom. The zero-order chi connectivity index (χ0) is 99.9. The fourth-order valence-corrected chi connectivity index (χ4v) is 20.0. The van der Waals surface area contributed by atoms with E-state index in [1.54, 1.807) is 18.3 Å². The number of para-hydroxylation sites is 2. The molecule has 2 unspecified atom stereocenters. The number of nitrogens with zero attached hydrogens (tertiary/aromatic N) is 5. The van der Waals surface area contributed by atoms with Crippen LogP contribution in [0.2, 0.25) is 0 Å². The molecule has 2 atom stereocenters. The van der Waals surface area contributed by atoms with Crippen LogP contribution >= 0.6 is 0 Å². The number of allylic oxidation sites excluding steroid dienone is 7. The van der Waals surface area contributed by atoms with Crippen LogP contribution in [0, 0.1) is 62.3 Å². The van der Waals surface area contributed by atoms with E-state index >= 15 is 0 Å². The molecule has 23 heteroatoms. The molecule has 8 aromatic rings. The summed E-state index contributed by atoms with van der Waals surface area (Å²) in [5.41, 5.74) is 24.5. The van der Waals surface area contributed by atoms with Crippen LogP contribution in [0.15, 0.2) is 192 Å². The number of hydrogen-bond acceptors (Lipinski definition) is 14. The van der Waals surface area contributed by atoms with E-state index < -0.39 is 38.7 Å². The predicted molar refractivity (Wildman–Crippen MR) is 552 cm³/mol. The average molecular weight is 1890 g/mol. The third-order valence-corrected chi connectivity index (χ3v) is 29.7. The van der Waals surface area contributed by atoms with Crippen LogP contribution in [0.1, 0.15) is 250 Å². The number of carbonyl (C=O) groups is 4. The smallest absolute Gasteiger partial charge is 0.303 e. The number of aliphatic carboxylic acids is 2. The minimum absolute atomic E-state index is 0.0503. The molecule has 8 N–H and O–H groups in total. The van der Waals surface area contributed by atoms with Gasteiger partial charge < -0.3 is 55.5 Å². The van der Waals surface area contributed by atoms with Crippen LogP contribution in [0.4, 0.5) is 34.1 Å². The first-order chi connectivity index (χ1) is 64.8. The number of carboxylic acid groups (broad SMARTS) is 2. The SMILES string of the molecule is C(/C=C/Nc1ccccc1)=Nc1ccccc1.CC1=[N+](CCCCCC(=O)O)c2ccc(C)cc2C1(C)C.CC1=[N+](CCCCCNC(=O)C2(C)CCc3c(C)c(O)c(C)c(C)c3O2)c2ccc(C)cc2C1(C)C.Cc1ccc2c(c1)C(C)(C)C(=CC=CC=CC1=[N+](CCCCCC(=O)O)c3ccc(S(=O)(=O)O)cc3C1(C)C)N2CCOCCNC(=O)C1(C)CCc2c(C)c(O)c(C)c(C)c2O1. The Labute approximate surface area is 813 Å². The molecule has 2 amide bonds. The Balaban J connectivity index is 0.000000201. The number of ether oxygens (including phenoxy) is 3. The van der Waals surface area contributed by atoms with Gasteiger partial charge in [0, 0.05) is 165 Å². The van der Waals surface area contributed by atoms with Crippen molar-refractivity contribution in [2.75, 3.05) is 62.7 Å². The van der Waals surface area contributed by atoms with Gasteiger partial charge in [-0.05, 0) is 275 Å². The van der Waals surface area contributed by atoms with Crippen molar-refractivity contribution >= 4 is 91.3 Å². The molecule has 6 aliphatic rings. The molecule has 0 aliphatic carbocycles. The maximum atomic E-state index is 13.4. The monoisotopic (exact) mass is 1880 g/mol. The third-order valence-electron chi connectivity index (χ3n) is 28.9. The molecule has 14 rings (SSSR count). The van der Waals surface area contributed by atoms with Crippen LogP contribution in [0.3, 0.4) is 0 Å². The van der Waals surface area contributed by atoms with Gasteiger partial charge in [0.2, 0.25) is 17.1 Å². The van der Waals surface area contributed by atoms with Crippen LogP contribution in [0.5, 0.6) is 23.0 Å². The first-order valence-electron chi connectivity index (χ1n) is 48.6. The topological polar surface area (TPSA) is 292 Å². The minimum atomic E-state index is -4.40. The van der Waals surface area contributed by atoms with Crippen molar-refractivity contribution in [1.82, 2.24) is 10.6 Å². The number of unbranched alkanes of at least 4 members (excludes halogenated alkanes) is 6. The molecule has 6 aliphatic heterocycles. The van der Waals surface area contributed by atoms with Gasteiger partial charge in [0.25, 0.3) is 21.9 Å². The second-order valence-corrected chi connectivity index (χ2v) is 41.4. The highest BCUT2D eigenvalue weighted by atomic mass is 32.2. The molecule has 137 heavy (non-hydrogen) atoms. The lowest BCUT2D eigenvalue weighted by molar-refractivity contribution is -0.439. The van der Waals surface area contributed by atoms with E-state index in [4.69, 9.17) is 24.4 Å². The summed E-state index contributed by atoms with van der Waals surface area (Å²) in [7, 11) is -4.40. The Kier molecular flexibility index (Phi) is 34.7. The molecule has 0 saturated heterocycles. The molecule has 22 nitrogen and oxygen atoms in total. The number of phenols is 2. The Bertz CT molecular complexity index is 6190. The van der Waals surface area contributed by atoms with Crippen LogP contribution < -0.4 is 30.3 Å². The number of nitrogens with one attached hydrogen (secondary N) is 3. The van der Waals surface area contributed by atoms with Crippen molar-refractivity contribution in [1.29, 1.82) is 0 Å². The molecule has 0 spiro atoms. The lowest BCUT2D eigenvalue weighted by atomic mass is 9.81. The van der Waals surface area contributed by atoms with Gasteiger partial charge in [0.05, 0.1) is 40.0 Å². The summed E-state index contributed by atoms with van der Waals surface area (Å²) in [5, 5.41) is 48.0. The number of phenolic OH excluding ortho intramolecular Hbond substituents is 2. The highest BCUT2D eigenvalue weighted by Crippen LogP contribution is 2.51. The highest BCUT2D eigenvalue weighted by Gasteiger charge is 2.49. The summed E-state index contributed by atoms with van der Waals surface area (Å²) in [6, 6.07) is 44.6. The van der Waals surface area contributed by atoms with Crippen LogP contribution in [-0.4, -0.2) is 158 Å². The molecule has 0 radical (unpaired) electrons. The zero-order valence-electron chi connectivity index (χ0n) is 84.6. The molecule has 0 saturated carbocycles. The standard InChI is InChI=1S/C50H63N3O9S.C31H42N2O3.C18H25NO2.C15H14N2/c1-32-19-21-40-38(30-32)48(5,6)43(53(40)27-29-61-28-25-51-47(57)50(9)24-23-37-35(4)45(56)33(2)34(3)46(37)62-50)17-13-10-12-16-42-49(7,8)39-31-36(63(58,59)60)20-22-41(39)52(42)26-15-11-14-18-44(54)55;1-19-12-13-26-25(18-19)30(6,7)23(5)33(26)17-11-9-10-16-32-29(35)31(8)15-14-24-22(4)27(34)20(2)21(3)28(24)36-31;1-13-9-10-16-15(12-13)18(3,4)14(2)19(16)11-7-5-6-8-17(20)21;1-3-8-14(9-4-1)16-12-7-13-17-15-10-5-2-6-11-15/h10,12-13,16-17,19-22,30-31H,11,14-15,18,23-29H2,1-9H3,(H3-,51,54,55,56,57,58,59,60);12-13,18H,9-11,14-17H2,1-8H3,(H-,32,34,35);9-10,12H,5-8,11H2,1-4H3;1-13,16H/p+3/b;;;12-7+,17-13?. The van der Waals surface area contributed by atoms with Crippen LogP contribution in [-0.2, 0) is 68.5 Å². The second-order valence-electron chi connectivity index (χ2n) is 40.0. The number of carboxylic acids is 2.